The molecule has 0 aromatic heterocycles. The molecule has 0 spiro atoms. The fourth-order valence-electron chi connectivity index (χ4n) is 4.95. The van der Waals surface area contributed by atoms with E-state index in [9.17, 15) is 45.6 Å². The third-order valence-corrected chi connectivity index (χ3v) is 7.21. The van der Waals surface area contributed by atoms with Gasteiger partial charge in [-0.15, -0.1) is 0 Å². The molecule has 11 nitrogen and oxygen atoms in total. The van der Waals surface area contributed by atoms with Gasteiger partial charge in [-0.05, 0) is 32.1 Å². The van der Waals surface area contributed by atoms with Crippen LogP contribution in [0.15, 0.2) is 11.6 Å². The van der Waals surface area contributed by atoms with Crippen LogP contribution in [0.3, 0.4) is 0 Å². The van der Waals surface area contributed by atoms with Crippen molar-refractivity contribution in [3.05, 3.63) is 11.6 Å². The van der Waals surface area contributed by atoms with Crippen LogP contribution in [0.1, 0.15) is 85.0 Å². The Morgan fingerprint density at radius 3 is 2.05 bits per heavy atom. The van der Waals surface area contributed by atoms with Crippen LogP contribution in [0, 0.1) is 5.92 Å². The van der Waals surface area contributed by atoms with Crippen LogP contribution < -0.4 is 0 Å². The quantitative estimate of drug-likeness (QED) is 0.0833. The topological polar surface area (TPSA) is 208 Å². The standard InChI is InChI=1S/C27H50O11/c1-4-5-6-7-8-9-17(28)18(29)13-22-26(36)27(37)25(35)21(38-22)12-16(3)10-15(2)11-19(30)24(34)20(31)14-23(32)33/h10,15,17-22,24-31,34-37H,4-9,11-14H2,1-3H3,(H,32,33)/b16-10+/t15-,17-,18-,19+,20-,21+,22-,24-,25-,26-,27+/m1/s1. The molecule has 1 fully saturated rings. The number of hydrogen-bond donors (Lipinski definition) is 9. The number of aliphatic hydroxyl groups excluding tert-OH is 8. The van der Waals surface area contributed by atoms with Gasteiger partial charge in [0.05, 0.1) is 43.0 Å². The molecule has 0 saturated carbocycles. The number of carbonyl (C=O) groups is 1. The molecular weight excluding hydrogens is 500 g/mol. The fraction of sp³-hybridized carbons (Fsp3) is 0.889. The number of aliphatic hydroxyl groups is 8. The summed E-state index contributed by atoms with van der Waals surface area (Å²) in [6.07, 6.45) is -6.39. The Kier molecular flexibility index (Phi) is 16.1. The van der Waals surface area contributed by atoms with Crippen LogP contribution in [0.2, 0.25) is 0 Å². The van der Waals surface area contributed by atoms with Crippen LogP contribution in [0.5, 0.6) is 0 Å². The molecule has 11 atom stereocenters. The molecule has 0 aromatic rings. The van der Waals surface area contributed by atoms with Crippen LogP contribution in [-0.4, -0.2) is 113 Å². The molecule has 1 heterocycles. The molecule has 0 radical (unpaired) electrons. The highest BCUT2D eigenvalue weighted by atomic mass is 16.5. The zero-order valence-electron chi connectivity index (χ0n) is 22.8. The maximum atomic E-state index is 10.7. The number of carboxylic acids is 1. The number of aliphatic carboxylic acids is 1. The van der Waals surface area contributed by atoms with E-state index >= 15 is 0 Å². The lowest BCUT2D eigenvalue weighted by Gasteiger charge is -2.42. The smallest absolute Gasteiger partial charge is 0.306 e. The normalized spacial score (nSPS) is 29.3. The van der Waals surface area contributed by atoms with E-state index in [4.69, 9.17) is 9.84 Å². The molecule has 224 valence electrons. The Hall–Kier alpha value is -1.15. The summed E-state index contributed by atoms with van der Waals surface area (Å²) in [5, 5.41) is 90.6. The Labute approximate surface area is 225 Å². The first-order valence-electron chi connectivity index (χ1n) is 13.8. The lowest BCUT2D eigenvalue weighted by atomic mass is 9.87. The zero-order chi connectivity index (χ0) is 29.0. The van der Waals surface area contributed by atoms with E-state index in [2.05, 4.69) is 6.92 Å². The van der Waals surface area contributed by atoms with Gasteiger partial charge in [-0.3, -0.25) is 4.79 Å². The Bertz CT molecular complexity index is 703. The summed E-state index contributed by atoms with van der Waals surface area (Å²) in [5.41, 5.74) is 0.726. The van der Waals surface area contributed by atoms with Gasteiger partial charge >= 0.3 is 5.97 Å². The summed E-state index contributed by atoms with van der Waals surface area (Å²) in [5.74, 6) is -1.59. The third-order valence-electron chi connectivity index (χ3n) is 7.21. The predicted molar refractivity (Wildman–Crippen MR) is 139 cm³/mol. The molecule has 1 aliphatic heterocycles. The number of unbranched alkanes of at least 4 members (excludes halogenated alkanes) is 4. The SMILES string of the molecule is CCCCCCC[C@@H](O)[C@H](O)C[C@H]1O[C@@H](C/C(C)=C/[C@@H](C)C[C@H](O)[C@@H](O)[C@H](O)CC(=O)O)[C@@H](O)[C@H](O)[C@@H]1O. The van der Waals surface area contributed by atoms with Crippen molar-refractivity contribution in [1.82, 2.24) is 0 Å². The summed E-state index contributed by atoms with van der Waals surface area (Å²) in [7, 11) is 0. The van der Waals surface area contributed by atoms with E-state index in [-0.39, 0.29) is 25.2 Å². The summed E-state index contributed by atoms with van der Waals surface area (Å²) < 4.78 is 5.85. The minimum atomic E-state index is -1.62. The number of carboxylic acid groups (broad SMARTS) is 1. The maximum absolute atomic E-state index is 10.7. The maximum Gasteiger partial charge on any atom is 0.306 e. The van der Waals surface area contributed by atoms with Gasteiger partial charge in [0.25, 0.3) is 0 Å². The van der Waals surface area contributed by atoms with Crippen molar-refractivity contribution in [3.8, 4) is 0 Å². The fourth-order valence-corrected chi connectivity index (χ4v) is 4.95. The molecule has 0 amide bonds. The second-order valence-corrected chi connectivity index (χ2v) is 10.9. The van der Waals surface area contributed by atoms with Gasteiger partial charge in [-0.2, -0.15) is 0 Å². The van der Waals surface area contributed by atoms with Crippen molar-refractivity contribution in [1.29, 1.82) is 0 Å². The Balaban J connectivity index is 2.68. The lowest BCUT2D eigenvalue weighted by molar-refractivity contribution is -0.229. The lowest BCUT2D eigenvalue weighted by Crippen LogP contribution is -2.58. The minimum absolute atomic E-state index is 0.0375. The number of ether oxygens (including phenoxy) is 1. The van der Waals surface area contributed by atoms with Crippen molar-refractivity contribution in [2.24, 2.45) is 5.92 Å². The molecule has 0 bridgehead atoms. The van der Waals surface area contributed by atoms with Crippen LogP contribution in [0.25, 0.3) is 0 Å². The number of rotatable bonds is 18. The molecule has 38 heavy (non-hydrogen) atoms. The van der Waals surface area contributed by atoms with Gasteiger partial charge in [0, 0.05) is 6.42 Å². The van der Waals surface area contributed by atoms with Crippen molar-refractivity contribution in [3.63, 3.8) is 0 Å². The highest BCUT2D eigenvalue weighted by Gasteiger charge is 2.44. The molecule has 0 aromatic carbocycles. The van der Waals surface area contributed by atoms with E-state index in [1.165, 1.54) is 0 Å². The van der Waals surface area contributed by atoms with Crippen LogP contribution >= 0.6 is 0 Å². The molecule has 0 aliphatic carbocycles. The van der Waals surface area contributed by atoms with Gasteiger partial charge in [-0.25, -0.2) is 0 Å². The van der Waals surface area contributed by atoms with Gasteiger partial charge in [0.15, 0.2) is 0 Å². The summed E-state index contributed by atoms with van der Waals surface area (Å²) >= 11 is 0. The van der Waals surface area contributed by atoms with E-state index in [1.54, 1.807) is 19.9 Å². The van der Waals surface area contributed by atoms with E-state index in [0.717, 1.165) is 37.7 Å². The summed E-state index contributed by atoms with van der Waals surface area (Å²) in [6, 6.07) is 0. The minimum Gasteiger partial charge on any atom is -0.481 e. The third kappa shape index (κ3) is 11.9. The monoisotopic (exact) mass is 550 g/mol. The van der Waals surface area contributed by atoms with Gasteiger partial charge in [-0.1, -0.05) is 57.6 Å². The number of allylic oxidation sites excluding steroid dienone is 1. The first-order valence-corrected chi connectivity index (χ1v) is 13.8. The largest absolute Gasteiger partial charge is 0.481 e. The zero-order valence-corrected chi connectivity index (χ0v) is 22.8. The Morgan fingerprint density at radius 1 is 0.842 bits per heavy atom. The van der Waals surface area contributed by atoms with Crippen LogP contribution in [0.4, 0.5) is 0 Å². The Morgan fingerprint density at radius 2 is 1.45 bits per heavy atom. The predicted octanol–water partition coefficient (Wildman–Crippen LogP) is 0.229. The summed E-state index contributed by atoms with van der Waals surface area (Å²) in [6.45, 7) is 5.61. The van der Waals surface area contributed by atoms with E-state index < -0.39 is 73.4 Å². The number of hydrogen-bond acceptors (Lipinski definition) is 10. The van der Waals surface area contributed by atoms with Crippen molar-refractivity contribution < 1.29 is 55.5 Å². The molecule has 1 rings (SSSR count). The molecule has 11 heteroatoms. The van der Waals surface area contributed by atoms with Gasteiger partial charge < -0.3 is 50.7 Å². The van der Waals surface area contributed by atoms with E-state index in [0.29, 0.717) is 6.42 Å². The van der Waals surface area contributed by atoms with E-state index in [1.807, 2.05) is 0 Å². The average Bonchev–Trinajstić information content (AvgIpc) is 2.83. The van der Waals surface area contributed by atoms with Gasteiger partial charge in [0.2, 0.25) is 0 Å². The summed E-state index contributed by atoms with van der Waals surface area (Å²) in [4.78, 5) is 10.7. The molecule has 0 unspecified atom stereocenters. The molecule has 1 saturated heterocycles. The first kappa shape index (κ1) is 34.9. The highest BCUT2D eigenvalue weighted by molar-refractivity contribution is 5.67. The van der Waals surface area contributed by atoms with Crippen LogP contribution in [-0.2, 0) is 9.53 Å². The van der Waals surface area contributed by atoms with Gasteiger partial charge in [0.1, 0.15) is 24.4 Å². The first-order chi connectivity index (χ1) is 17.8. The molecule has 9 N–H and O–H groups in total. The highest BCUT2D eigenvalue weighted by Crippen LogP contribution is 2.29. The van der Waals surface area contributed by atoms with Crippen molar-refractivity contribution in [2.45, 2.75) is 146 Å². The average molecular weight is 551 g/mol. The second kappa shape index (κ2) is 17.5. The van der Waals surface area contributed by atoms with Crippen molar-refractivity contribution in [2.75, 3.05) is 0 Å². The molecular formula is C27H50O11. The molecule has 1 aliphatic rings. The van der Waals surface area contributed by atoms with Crippen molar-refractivity contribution >= 4 is 5.97 Å². The second-order valence-electron chi connectivity index (χ2n) is 10.9.